The summed E-state index contributed by atoms with van der Waals surface area (Å²) in [6, 6.07) is 11.2. The second kappa shape index (κ2) is 6.34. The van der Waals surface area contributed by atoms with E-state index in [0.29, 0.717) is 24.0 Å². The average Bonchev–Trinajstić information content (AvgIpc) is 2.56. The first kappa shape index (κ1) is 15.4. The highest BCUT2D eigenvalue weighted by molar-refractivity contribution is 5.84. The van der Waals surface area contributed by atoms with Crippen molar-refractivity contribution in [3.63, 3.8) is 0 Å². The third-order valence-corrected chi connectivity index (χ3v) is 4.30. The van der Waals surface area contributed by atoms with Gasteiger partial charge in [0.15, 0.2) is 0 Å². The average molecular weight is 309 g/mol. The Morgan fingerprint density at radius 1 is 1.13 bits per heavy atom. The summed E-state index contributed by atoms with van der Waals surface area (Å²) in [6.45, 7) is 2.15. The topological polar surface area (TPSA) is 23.8 Å². The van der Waals surface area contributed by atoms with Crippen LogP contribution in [-0.2, 0) is 12.8 Å². The molecule has 0 atom stereocenters. The predicted octanol–water partition coefficient (Wildman–Crippen LogP) is 5.28. The number of benzene rings is 2. The molecule has 2 aromatic carbocycles. The van der Waals surface area contributed by atoms with Crippen LogP contribution in [-0.4, -0.2) is 0 Å². The van der Waals surface area contributed by atoms with Crippen LogP contribution in [0.4, 0.5) is 8.78 Å². The molecule has 0 N–H and O–H groups in total. The molecule has 0 fully saturated rings. The highest BCUT2D eigenvalue weighted by Gasteiger charge is 2.21. The van der Waals surface area contributed by atoms with Gasteiger partial charge in [0.2, 0.25) is 0 Å². The lowest BCUT2D eigenvalue weighted by Gasteiger charge is -2.18. The van der Waals surface area contributed by atoms with Crippen molar-refractivity contribution in [3.8, 4) is 6.07 Å². The van der Waals surface area contributed by atoms with Crippen molar-refractivity contribution in [2.45, 2.75) is 32.6 Å². The number of fused-ring (bicyclic) bond motifs is 1. The van der Waals surface area contributed by atoms with Gasteiger partial charge in [-0.15, -0.1) is 0 Å². The molecule has 116 valence electrons. The van der Waals surface area contributed by atoms with Gasteiger partial charge in [0.05, 0.1) is 0 Å². The van der Waals surface area contributed by atoms with Gasteiger partial charge >= 0.3 is 0 Å². The summed E-state index contributed by atoms with van der Waals surface area (Å²) < 4.78 is 28.0. The number of nitrogens with zero attached hydrogens (tertiary/aromatic N) is 1. The van der Waals surface area contributed by atoms with E-state index in [0.717, 1.165) is 24.0 Å². The van der Waals surface area contributed by atoms with E-state index in [2.05, 4.69) is 31.2 Å². The molecule has 0 heterocycles. The summed E-state index contributed by atoms with van der Waals surface area (Å²) in [4.78, 5) is 0. The Labute approximate surface area is 134 Å². The quantitative estimate of drug-likeness (QED) is 0.757. The standard InChI is InChI=1S/C20H17F2N/c1-2-3-13-4-6-14(7-5-13)15-8-9-17-16(10-15)11-19(21)18(12-23)20(17)22/h4-7,10-11H,2-3,8-9H2,1H3. The first-order chi connectivity index (χ1) is 11.1. The SMILES string of the molecule is CCCc1ccc(C2=Cc3cc(F)c(C#N)c(F)c3CC2)cc1. The maximum absolute atomic E-state index is 14.2. The normalized spacial score (nSPS) is 13.2. The van der Waals surface area contributed by atoms with Gasteiger partial charge in [0.1, 0.15) is 23.3 Å². The predicted molar refractivity (Wildman–Crippen MR) is 87.7 cm³/mol. The third kappa shape index (κ3) is 2.90. The van der Waals surface area contributed by atoms with Gasteiger partial charge in [0.25, 0.3) is 0 Å². The summed E-state index contributed by atoms with van der Waals surface area (Å²) >= 11 is 0. The fourth-order valence-corrected chi connectivity index (χ4v) is 3.08. The molecule has 0 radical (unpaired) electrons. The van der Waals surface area contributed by atoms with Crippen LogP contribution >= 0.6 is 0 Å². The van der Waals surface area contributed by atoms with Crippen LogP contribution in [0.5, 0.6) is 0 Å². The molecule has 1 nitrogen and oxygen atoms in total. The summed E-state index contributed by atoms with van der Waals surface area (Å²) in [6.07, 6.45) is 5.16. The van der Waals surface area contributed by atoms with Crippen LogP contribution in [0.1, 0.15) is 47.6 Å². The molecular weight excluding hydrogens is 292 g/mol. The zero-order valence-electron chi connectivity index (χ0n) is 13.0. The lowest BCUT2D eigenvalue weighted by Crippen LogP contribution is -2.06. The van der Waals surface area contributed by atoms with Crippen molar-refractivity contribution in [2.75, 3.05) is 0 Å². The summed E-state index contributed by atoms with van der Waals surface area (Å²) in [5, 5.41) is 8.86. The van der Waals surface area contributed by atoms with E-state index >= 15 is 0 Å². The zero-order valence-corrected chi connectivity index (χ0v) is 13.0. The largest absolute Gasteiger partial charge is 0.205 e. The van der Waals surface area contributed by atoms with Crippen molar-refractivity contribution >= 4 is 11.6 Å². The fourth-order valence-electron chi connectivity index (χ4n) is 3.08. The molecule has 1 aliphatic carbocycles. The fraction of sp³-hybridized carbons (Fsp3) is 0.250. The highest BCUT2D eigenvalue weighted by Crippen LogP contribution is 2.33. The van der Waals surface area contributed by atoms with E-state index in [1.165, 1.54) is 11.6 Å². The number of aryl methyl sites for hydroxylation is 1. The number of rotatable bonds is 3. The van der Waals surface area contributed by atoms with Gasteiger partial charge in [-0.25, -0.2) is 8.78 Å². The lowest BCUT2D eigenvalue weighted by atomic mass is 9.87. The van der Waals surface area contributed by atoms with Crippen molar-refractivity contribution in [1.82, 2.24) is 0 Å². The van der Waals surface area contributed by atoms with Crippen molar-refractivity contribution in [1.29, 1.82) is 5.26 Å². The smallest absolute Gasteiger partial charge is 0.147 e. The van der Waals surface area contributed by atoms with Crippen molar-refractivity contribution in [2.24, 2.45) is 0 Å². The van der Waals surface area contributed by atoms with Gasteiger partial charge < -0.3 is 0 Å². The lowest BCUT2D eigenvalue weighted by molar-refractivity contribution is 0.564. The molecule has 0 saturated carbocycles. The molecule has 0 amide bonds. The Balaban J connectivity index is 1.99. The second-order valence-corrected chi connectivity index (χ2v) is 5.84. The minimum absolute atomic E-state index is 0.439. The first-order valence-corrected chi connectivity index (χ1v) is 7.85. The van der Waals surface area contributed by atoms with Gasteiger partial charge in [-0.2, -0.15) is 5.26 Å². The number of halogens is 2. The van der Waals surface area contributed by atoms with Gasteiger partial charge in [-0.3, -0.25) is 0 Å². The Morgan fingerprint density at radius 3 is 2.52 bits per heavy atom. The molecule has 3 heteroatoms. The number of hydrogen-bond acceptors (Lipinski definition) is 1. The maximum atomic E-state index is 14.2. The van der Waals surface area contributed by atoms with Gasteiger partial charge in [0, 0.05) is 0 Å². The maximum Gasteiger partial charge on any atom is 0.147 e. The molecule has 3 rings (SSSR count). The van der Waals surface area contributed by atoms with Gasteiger partial charge in [-0.05, 0) is 53.2 Å². The molecule has 2 aromatic rings. The zero-order chi connectivity index (χ0) is 16.4. The van der Waals surface area contributed by atoms with E-state index < -0.39 is 17.2 Å². The molecule has 0 spiro atoms. The van der Waals surface area contributed by atoms with E-state index in [-0.39, 0.29) is 0 Å². The number of allylic oxidation sites excluding steroid dienone is 1. The molecular formula is C20H17F2N. The molecule has 1 aliphatic rings. The van der Waals surface area contributed by atoms with E-state index in [9.17, 15) is 8.78 Å². The molecule has 0 saturated heterocycles. The van der Waals surface area contributed by atoms with Crippen LogP contribution in [0, 0.1) is 23.0 Å². The van der Waals surface area contributed by atoms with E-state index in [4.69, 9.17) is 5.26 Å². The molecule has 0 aliphatic heterocycles. The monoisotopic (exact) mass is 309 g/mol. The van der Waals surface area contributed by atoms with Gasteiger partial charge in [-0.1, -0.05) is 43.7 Å². The molecule has 0 bridgehead atoms. The number of hydrogen-bond donors (Lipinski definition) is 0. The molecule has 0 aromatic heterocycles. The summed E-state index contributed by atoms with van der Waals surface area (Å²) in [5.41, 5.74) is 3.95. The minimum Gasteiger partial charge on any atom is -0.205 e. The summed E-state index contributed by atoms with van der Waals surface area (Å²) in [5.74, 6) is -1.50. The van der Waals surface area contributed by atoms with E-state index in [1.807, 2.05) is 6.08 Å². The Hall–Kier alpha value is -2.47. The van der Waals surface area contributed by atoms with Crippen LogP contribution in [0.2, 0.25) is 0 Å². The Kier molecular flexibility index (Phi) is 4.25. The molecule has 23 heavy (non-hydrogen) atoms. The molecule has 0 unspecified atom stereocenters. The highest BCUT2D eigenvalue weighted by atomic mass is 19.1. The van der Waals surface area contributed by atoms with E-state index in [1.54, 1.807) is 6.07 Å². The third-order valence-electron chi connectivity index (χ3n) is 4.30. The second-order valence-electron chi connectivity index (χ2n) is 5.84. The van der Waals surface area contributed by atoms with Crippen LogP contribution in [0.15, 0.2) is 30.3 Å². The van der Waals surface area contributed by atoms with Crippen LogP contribution < -0.4 is 0 Å². The van der Waals surface area contributed by atoms with Crippen molar-refractivity contribution in [3.05, 3.63) is 69.8 Å². The van der Waals surface area contributed by atoms with Crippen molar-refractivity contribution < 1.29 is 8.78 Å². The Morgan fingerprint density at radius 2 is 1.87 bits per heavy atom. The minimum atomic E-state index is -0.792. The summed E-state index contributed by atoms with van der Waals surface area (Å²) in [7, 11) is 0. The first-order valence-electron chi connectivity index (χ1n) is 7.85. The van der Waals surface area contributed by atoms with Crippen LogP contribution in [0.3, 0.4) is 0 Å². The van der Waals surface area contributed by atoms with Crippen LogP contribution in [0.25, 0.3) is 11.6 Å². The number of nitriles is 1. The Bertz CT molecular complexity index is 811.